The van der Waals surface area contributed by atoms with Gasteiger partial charge < -0.3 is 14.4 Å². The zero-order valence-electron chi connectivity index (χ0n) is 15.5. The Morgan fingerprint density at radius 3 is 2.77 bits per heavy atom. The van der Waals surface area contributed by atoms with Gasteiger partial charge in [-0.2, -0.15) is 0 Å². The van der Waals surface area contributed by atoms with Gasteiger partial charge in [-0.05, 0) is 49.8 Å². The van der Waals surface area contributed by atoms with E-state index in [0.29, 0.717) is 0 Å². The Bertz CT molecular complexity index is 643. The Hall–Kier alpha value is -1.54. The van der Waals surface area contributed by atoms with Crippen LogP contribution in [0.4, 0.5) is 0 Å². The summed E-state index contributed by atoms with van der Waals surface area (Å²) < 4.78 is 11.5. The summed E-state index contributed by atoms with van der Waals surface area (Å²) in [4.78, 5) is 19.3. The van der Waals surface area contributed by atoms with E-state index >= 15 is 0 Å². The maximum Gasteiger partial charge on any atom is 0.241 e. The summed E-state index contributed by atoms with van der Waals surface area (Å²) >= 11 is 0. The molecule has 2 saturated heterocycles. The minimum atomic E-state index is -0.219. The van der Waals surface area contributed by atoms with Crippen LogP contribution >= 0.6 is 0 Å². The Labute approximate surface area is 154 Å². The van der Waals surface area contributed by atoms with Crippen LogP contribution in [0.15, 0.2) is 24.5 Å². The lowest BCUT2D eigenvalue weighted by molar-refractivity contribution is -0.142. The maximum absolute atomic E-state index is 13.2. The number of ether oxygens (including phenoxy) is 2. The molecule has 3 heterocycles. The molecule has 2 N–H and O–H groups in total. The van der Waals surface area contributed by atoms with Crippen LogP contribution in [0.25, 0.3) is 0 Å². The lowest BCUT2D eigenvalue weighted by Crippen LogP contribution is -2.56. The normalized spacial score (nSPS) is 36.9. The molecule has 1 amide bonds. The van der Waals surface area contributed by atoms with Crippen molar-refractivity contribution in [2.45, 2.75) is 61.9 Å². The van der Waals surface area contributed by atoms with Crippen LogP contribution in [-0.4, -0.2) is 60.3 Å². The third kappa shape index (κ3) is 3.03. The van der Waals surface area contributed by atoms with Crippen molar-refractivity contribution in [3.8, 4) is 0 Å². The van der Waals surface area contributed by atoms with Crippen molar-refractivity contribution in [1.29, 1.82) is 0 Å². The summed E-state index contributed by atoms with van der Waals surface area (Å²) in [7, 11) is 3.54. The van der Waals surface area contributed by atoms with E-state index in [-0.39, 0.29) is 35.7 Å². The van der Waals surface area contributed by atoms with Crippen molar-refractivity contribution < 1.29 is 14.3 Å². The van der Waals surface area contributed by atoms with Gasteiger partial charge in [0.2, 0.25) is 5.91 Å². The highest BCUT2D eigenvalue weighted by atomic mass is 16.5. The van der Waals surface area contributed by atoms with Gasteiger partial charge in [-0.25, -0.2) is 10.9 Å². The van der Waals surface area contributed by atoms with Crippen molar-refractivity contribution in [1.82, 2.24) is 20.7 Å². The highest BCUT2D eigenvalue weighted by Crippen LogP contribution is 2.43. The van der Waals surface area contributed by atoms with Crippen LogP contribution < -0.4 is 10.9 Å². The summed E-state index contributed by atoms with van der Waals surface area (Å²) in [6.07, 6.45) is 8.21. The molecular formula is C19H28N4O3. The molecule has 26 heavy (non-hydrogen) atoms. The zero-order valence-corrected chi connectivity index (χ0v) is 15.5. The Morgan fingerprint density at radius 1 is 1.23 bits per heavy atom. The van der Waals surface area contributed by atoms with Crippen LogP contribution in [0.5, 0.6) is 0 Å². The summed E-state index contributed by atoms with van der Waals surface area (Å²) in [5, 5.41) is 0. The molecule has 3 aliphatic rings. The number of hydrogen-bond donors (Lipinski definition) is 2. The molecule has 0 spiro atoms. The minimum absolute atomic E-state index is 0.0977. The molecule has 1 saturated carbocycles. The maximum atomic E-state index is 13.2. The molecular weight excluding hydrogens is 332 g/mol. The standard InChI is InChI=1S/C19H28N4O3/c1-25-14-3-6-19(26-2)7-10-23(17(19)11-14)18(24)16-12-15(21-22-16)13-4-8-20-9-5-13/h4-5,8-9,14-17,21-22H,3,6-7,10-12H2,1-2H3/t14-,15?,16?,17+,19-/m1/s1. The van der Waals surface area contributed by atoms with E-state index < -0.39 is 0 Å². The fourth-order valence-corrected chi connectivity index (χ4v) is 4.87. The average Bonchev–Trinajstić information content (AvgIpc) is 3.33. The first-order valence-electron chi connectivity index (χ1n) is 9.46. The number of nitrogens with one attached hydrogen (secondary N) is 2. The average molecular weight is 360 g/mol. The van der Waals surface area contributed by atoms with E-state index in [2.05, 4.69) is 15.8 Å². The highest BCUT2D eigenvalue weighted by molar-refractivity contribution is 5.83. The second-order valence-corrected chi connectivity index (χ2v) is 7.61. The fourth-order valence-electron chi connectivity index (χ4n) is 4.87. The first-order chi connectivity index (χ1) is 12.7. The van der Waals surface area contributed by atoms with E-state index in [1.807, 2.05) is 17.0 Å². The largest absolute Gasteiger partial charge is 0.381 e. The van der Waals surface area contributed by atoms with Gasteiger partial charge in [0.15, 0.2) is 0 Å². The predicted molar refractivity (Wildman–Crippen MR) is 96.2 cm³/mol. The van der Waals surface area contributed by atoms with Crippen LogP contribution in [0.1, 0.15) is 43.7 Å². The molecule has 5 atom stereocenters. The molecule has 7 nitrogen and oxygen atoms in total. The van der Waals surface area contributed by atoms with E-state index in [0.717, 1.165) is 44.2 Å². The summed E-state index contributed by atoms with van der Waals surface area (Å²) in [5.74, 6) is 0.162. The molecule has 7 heteroatoms. The molecule has 4 rings (SSSR count). The number of carbonyl (C=O) groups is 1. The number of pyridine rings is 1. The SMILES string of the molecule is CO[C@@H]1CC[C@@]2(OC)CCN(C(=O)C3CC(c4ccncc4)NN3)[C@H]2C1. The second-order valence-electron chi connectivity index (χ2n) is 7.61. The molecule has 2 unspecified atom stereocenters. The number of carbonyl (C=O) groups excluding carboxylic acids is 1. The molecule has 1 aromatic rings. The molecule has 0 bridgehead atoms. The van der Waals surface area contributed by atoms with Crippen molar-refractivity contribution in [3.05, 3.63) is 30.1 Å². The van der Waals surface area contributed by atoms with Crippen LogP contribution in [0, 0.1) is 0 Å². The van der Waals surface area contributed by atoms with E-state index in [1.54, 1.807) is 26.6 Å². The lowest BCUT2D eigenvalue weighted by atomic mass is 9.79. The van der Waals surface area contributed by atoms with Crippen molar-refractivity contribution in [2.24, 2.45) is 0 Å². The molecule has 1 aliphatic carbocycles. The first kappa shape index (κ1) is 17.9. The van der Waals surface area contributed by atoms with Gasteiger partial charge in [-0.3, -0.25) is 9.78 Å². The monoisotopic (exact) mass is 360 g/mol. The van der Waals surface area contributed by atoms with Crippen LogP contribution in [0.3, 0.4) is 0 Å². The highest BCUT2D eigenvalue weighted by Gasteiger charge is 2.53. The number of fused-ring (bicyclic) bond motifs is 1. The minimum Gasteiger partial charge on any atom is -0.381 e. The van der Waals surface area contributed by atoms with Crippen LogP contribution in [0.2, 0.25) is 0 Å². The number of methoxy groups -OCH3 is 2. The van der Waals surface area contributed by atoms with Crippen molar-refractivity contribution in [3.63, 3.8) is 0 Å². The first-order valence-corrected chi connectivity index (χ1v) is 9.46. The van der Waals surface area contributed by atoms with E-state index in [9.17, 15) is 4.79 Å². The number of nitrogens with zero attached hydrogens (tertiary/aromatic N) is 2. The number of aromatic nitrogens is 1. The van der Waals surface area contributed by atoms with Gasteiger partial charge >= 0.3 is 0 Å². The molecule has 1 aromatic heterocycles. The third-order valence-corrected chi connectivity index (χ3v) is 6.47. The van der Waals surface area contributed by atoms with Crippen molar-refractivity contribution in [2.75, 3.05) is 20.8 Å². The third-order valence-electron chi connectivity index (χ3n) is 6.47. The second kappa shape index (κ2) is 7.23. The summed E-state index contributed by atoms with van der Waals surface area (Å²) in [6, 6.07) is 3.98. The quantitative estimate of drug-likeness (QED) is 0.840. The summed E-state index contributed by atoms with van der Waals surface area (Å²) in [5.41, 5.74) is 7.40. The number of likely N-dealkylation sites (tertiary alicyclic amines) is 1. The van der Waals surface area contributed by atoms with Gasteiger partial charge in [0.1, 0.15) is 6.04 Å². The Kier molecular flexibility index (Phi) is 4.96. The lowest BCUT2D eigenvalue weighted by Gasteiger charge is -2.43. The van der Waals surface area contributed by atoms with E-state index in [1.165, 1.54) is 0 Å². The molecule has 3 fully saturated rings. The molecule has 2 aliphatic heterocycles. The smallest absolute Gasteiger partial charge is 0.241 e. The van der Waals surface area contributed by atoms with Gasteiger partial charge in [-0.1, -0.05) is 0 Å². The number of hydrogen-bond acceptors (Lipinski definition) is 6. The van der Waals surface area contributed by atoms with Crippen LogP contribution in [-0.2, 0) is 14.3 Å². The predicted octanol–water partition coefficient (Wildman–Crippen LogP) is 1.17. The van der Waals surface area contributed by atoms with E-state index in [4.69, 9.17) is 9.47 Å². The van der Waals surface area contributed by atoms with Gasteiger partial charge in [0.25, 0.3) is 0 Å². The summed E-state index contributed by atoms with van der Waals surface area (Å²) in [6.45, 7) is 0.756. The number of rotatable bonds is 4. The fraction of sp³-hybridized carbons (Fsp3) is 0.684. The van der Waals surface area contributed by atoms with Gasteiger partial charge in [0, 0.05) is 39.2 Å². The van der Waals surface area contributed by atoms with Gasteiger partial charge in [-0.15, -0.1) is 0 Å². The number of hydrazine groups is 1. The number of amides is 1. The van der Waals surface area contributed by atoms with Crippen molar-refractivity contribution >= 4 is 5.91 Å². The topological polar surface area (TPSA) is 75.7 Å². The molecule has 0 aromatic carbocycles. The Balaban J connectivity index is 1.46. The van der Waals surface area contributed by atoms with Gasteiger partial charge in [0.05, 0.1) is 17.7 Å². The molecule has 0 radical (unpaired) electrons. The molecule has 142 valence electrons. The Morgan fingerprint density at radius 2 is 2.04 bits per heavy atom. The zero-order chi connectivity index (χ0) is 18.1.